The van der Waals surface area contributed by atoms with Crippen LogP contribution in [0.3, 0.4) is 0 Å². The largest absolute Gasteiger partial charge is 0.292 e. The van der Waals surface area contributed by atoms with Gasteiger partial charge in [-0.05, 0) is 93.7 Å². The van der Waals surface area contributed by atoms with Crippen LogP contribution in [0.1, 0.15) is 19.4 Å². The van der Waals surface area contributed by atoms with Crippen molar-refractivity contribution in [3.8, 4) is 22.3 Å². The highest BCUT2D eigenvalue weighted by molar-refractivity contribution is 6.14. The summed E-state index contributed by atoms with van der Waals surface area (Å²) in [5, 5.41) is 6.07. The van der Waals surface area contributed by atoms with Gasteiger partial charge in [-0.3, -0.25) is 4.40 Å². The maximum Gasteiger partial charge on any atom is 0.146 e. The number of hydrogen-bond acceptors (Lipinski definition) is 1. The van der Waals surface area contributed by atoms with Crippen LogP contribution in [0.5, 0.6) is 0 Å². The molecule has 47 heavy (non-hydrogen) atoms. The van der Waals surface area contributed by atoms with Crippen molar-refractivity contribution in [1.29, 1.82) is 0 Å². The first-order chi connectivity index (χ1) is 23.2. The molecule has 0 fully saturated rings. The minimum Gasteiger partial charge on any atom is -0.292 e. The van der Waals surface area contributed by atoms with E-state index >= 15 is 0 Å². The van der Waals surface area contributed by atoms with Crippen LogP contribution in [0.15, 0.2) is 169 Å². The van der Waals surface area contributed by atoms with Gasteiger partial charge in [-0.1, -0.05) is 140 Å². The second kappa shape index (κ2) is 12.1. The molecule has 8 rings (SSSR count). The molecule has 0 N–H and O–H groups in total. The fourth-order valence-electron chi connectivity index (χ4n) is 6.96. The van der Waals surface area contributed by atoms with Crippen LogP contribution in [0.2, 0.25) is 0 Å². The quantitative estimate of drug-likeness (QED) is 0.137. The van der Waals surface area contributed by atoms with E-state index in [0.29, 0.717) is 0 Å². The Morgan fingerprint density at radius 3 is 2.04 bits per heavy atom. The zero-order chi connectivity index (χ0) is 31.7. The molecule has 0 spiro atoms. The second-order valence-electron chi connectivity index (χ2n) is 11.9. The molecule has 0 saturated carbocycles. The van der Waals surface area contributed by atoms with Gasteiger partial charge in [0.2, 0.25) is 0 Å². The van der Waals surface area contributed by atoms with E-state index in [4.69, 9.17) is 4.98 Å². The normalized spacial score (nSPS) is 12.8. The zero-order valence-corrected chi connectivity index (χ0v) is 26.6. The van der Waals surface area contributed by atoms with Crippen molar-refractivity contribution in [2.45, 2.75) is 13.8 Å². The van der Waals surface area contributed by atoms with E-state index in [2.05, 4.69) is 181 Å². The first-order valence-corrected chi connectivity index (χ1v) is 16.2. The molecule has 0 unspecified atom stereocenters. The van der Waals surface area contributed by atoms with Crippen LogP contribution in [-0.2, 0) is 0 Å². The molecule has 2 heteroatoms. The first kappa shape index (κ1) is 28.5. The molecule has 0 saturated heterocycles. The van der Waals surface area contributed by atoms with Crippen molar-refractivity contribution in [2.24, 2.45) is 0 Å². The summed E-state index contributed by atoms with van der Waals surface area (Å²) in [6.07, 6.45) is 15.0. The van der Waals surface area contributed by atoms with E-state index in [0.717, 1.165) is 33.2 Å². The molecule has 0 bridgehead atoms. The standard InChI is InChI=1S/C45H34N2/c1-3-5-7-17-31(16-4-2)28-34-29-40(32-18-8-6-9-19-32)36-21-10-12-23-38(36)44(34)33-26-27-43-41(30-33)46-45-39-24-13-11-20-35(39)37-22-14-15-25-42(37)47(43)45/h3-30H,1-2H3/b5-3-,16-4-,17-7-,31-28+. The molecule has 0 aliphatic carbocycles. The summed E-state index contributed by atoms with van der Waals surface area (Å²) in [5.74, 6) is 0. The Hall–Kier alpha value is -5.99. The van der Waals surface area contributed by atoms with Gasteiger partial charge in [0.15, 0.2) is 0 Å². The minimum atomic E-state index is 0.983. The minimum absolute atomic E-state index is 0.983. The van der Waals surface area contributed by atoms with Crippen molar-refractivity contribution in [2.75, 3.05) is 0 Å². The van der Waals surface area contributed by atoms with Gasteiger partial charge < -0.3 is 0 Å². The molecule has 0 atom stereocenters. The summed E-state index contributed by atoms with van der Waals surface area (Å²) in [4.78, 5) is 5.31. The van der Waals surface area contributed by atoms with Gasteiger partial charge in [-0.15, -0.1) is 0 Å². The Kier molecular flexibility index (Phi) is 7.32. The van der Waals surface area contributed by atoms with Crippen molar-refractivity contribution in [3.63, 3.8) is 0 Å². The Morgan fingerprint density at radius 1 is 0.553 bits per heavy atom. The lowest BCUT2D eigenvalue weighted by molar-refractivity contribution is 1.31. The van der Waals surface area contributed by atoms with Gasteiger partial charge in [0.05, 0.1) is 16.6 Å². The lowest BCUT2D eigenvalue weighted by atomic mass is 9.87. The van der Waals surface area contributed by atoms with Gasteiger partial charge in [0.25, 0.3) is 0 Å². The summed E-state index contributed by atoms with van der Waals surface area (Å²) in [6.45, 7) is 4.11. The fourth-order valence-corrected chi connectivity index (χ4v) is 6.96. The maximum atomic E-state index is 5.31. The zero-order valence-electron chi connectivity index (χ0n) is 26.6. The Morgan fingerprint density at radius 2 is 1.26 bits per heavy atom. The average Bonchev–Trinajstić information content (AvgIpc) is 3.51. The van der Waals surface area contributed by atoms with Crippen molar-refractivity contribution < 1.29 is 0 Å². The summed E-state index contributed by atoms with van der Waals surface area (Å²) in [6, 6.07) is 45.9. The Labute approximate surface area is 275 Å². The van der Waals surface area contributed by atoms with Crippen LogP contribution in [-0.4, -0.2) is 9.38 Å². The number of pyridine rings is 1. The molecule has 0 radical (unpaired) electrons. The number of benzene rings is 6. The fraction of sp³-hybridized carbons (Fsp3) is 0.0444. The van der Waals surface area contributed by atoms with Crippen LogP contribution >= 0.6 is 0 Å². The molecule has 6 aromatic carbocycles. The number of para-hydroxylation sites is 1. The molecular weight excluding hydrogens is 569 g/mol. The Balaban J connectivity index is 1.45. The lowest BCUT2D eigenvalue weighted by Crippen LogP contribution is -1.92. The predicted octanol–water partition coefficient (Wildman–Crippen LogP) is 12.4. The highest BCUT2D eigenvalue weighted by Gasteiger charge is 2.18. The van der Waals surface area contributed by atoms with Gasteiger partial charge in [0.1, 0.15) is 5.65 Å². The van der Waals surface area contributed by atoms with Gasteiger partial charge in [-0.25, -0.2) is 4.98 Å². The molecule has 2 aromatic heterocycles. The number of hydrogen-bond donors (Lipinski definition) is 0. The van der Waals surface area contributed by atoms with E-state index < -0.39 is 0 Å². The third-order valence-corrected chi connectivity index (χ3v) is 8.98. The highest BCUT2D eigenvalue weighted by atomic mass is 15.0. The SMILES string of the molecule is C\C=C/C=C\C(\C=C/C)=C\c1cc(-c2ccccc2)c2ccccc2c1-c1ccc2c(c1)nc1c3ccccc3c3ccccc3n21. The molecule has 224 valence electrons. The smallest absolute Gasteiger partial charge is 0.146 e. The van der Waals surface area contributed by atoms with Gasteiger partial charge in [-0.2, -0.15) is 0 Å². The lowest BCUT2D eigenvalue weighted by Gasteiger charge is -2.17. The van der Waals surface area contributed by atoms with Crippen LogP contribution < -0.4 is 0 Å². The van der Waals surface area contributed by atoms with E-state index in [1.165, 1.54) is 49.3 Å². The summed E-state index contributed by atoms with van der Waals surface area (Å²) < 4.78 is 2.32. The number of fused-ring (bicyclic) bond motifs is 9. The molecule has 2 heterocycles. The number of rotatable bonds is 6. The topological polar surface area (TPSA) is 17.3 Å². The molecule has 0 amide bonds. The second-order valence-corrected chi connectivity index (χ2v) is 11.9. The molecule has 0 aliphatic rings. The summed E-state index contributed by atoms with van der Waals surface area (Å²) in [7, 11) is 0. The number of imidazole rings is 1. The number of allylic oxidation sites excluding steroid dienone is 7. The first-order valence-electron chi connectivity index (χ1n) is 16.2. The molecule has 2 nitrogen and oxygen atoms in total. The maximum absolute atomic E-state index is 5.31. The van der Waals surface area contributed by atoms with Gasteiger partial charge in [0, 0.05) is 10.8 Å². The van der Waals surface area contributed by atoms with Crippen LogP contribution in [0.25, 0.3) is 77.5 Å². The van der Waals surface area contributed by atoms with E-state index in [1.54, 1.807) is 0 Å². The van der Waals surface area contributed by atoms with Crippen molar-refractivity contribution in [3.05, 3.63) is 175 Å². The van der Waals surface area contributed by atoms with Gasteiger partial charge >= 0.3 is 0 Å². The molecule has 8 aromatic rings. The molecular formula is C45H34N2. The van der Waals surface area contributed by atoms with E-state index in [-0.39, 0.29) is 0 Å². The average molecular weight is 603 g/mol. The van der Waals surface area contributed by atoms with Crippen molar-refractivity contribution in [1.82, 2.24) is 9.38 Å². The number of aromatic nitrogens is 2. The highest BCUT2D eigenvalue weighted by Crippen LogP contribution is 2.41. The Bertz CT molecular complexity index is 2580. The summed E-state index contributed by atoms with van der Waals surface area (Å²) in [5.41, 5.74) is 11.3. The third kappa shape index (κ3) is 4.95. The van der Waals surface area contributed by atoms with Crippen LogP contribution in [0, 0.1) is 0 Å². The van der Waals surface area contributed by atoms with E-state index in [1.807, 2.05) is 6.92 Å². The monoisotopic (exact) mass is 602 g/mol. The molecule has 0 aliphatic heterocycles. The predicted molar refractivity (Wildman–Crippen MR) is 203 cm³/mol. The van der Waals surface area contributed by atoms with Crippen LogP contribution in [0.4, 0.5) is 0 Å². The summed E-state index contributed by atoms with van der Waals surface area (Å²) >= 11 is 0. The third-order valence-electron chi connectivity index (χ3n) is 8.98. The van der Waals surface area contributed by atoms with Crippen molar-refractivity contribution >= 4 is 55.2 Å². The number of nitrogens with zero attached hydrogens (tertiary/aromatic N) is 2. The van der Waals surface area contributed by atoms with E-state index in [9.17, 15) is 0 Å².